The summed E-state index contributed by atoms with van der Waals surface area (Å²) < 4.78 is 1.74. The van der Waals surface area contributed by atoms with Crippen LogP contribution in [0, 0.1) is 13.8 Å². The molecule has 0 amide bonds. The zero-order valence-electron chi connectivity index (χ0n) is 12.4. The molecule has 0 atom stereocenters. The highest BCUT2D eigenvalue weighted by Crippen LogP contribution is 2.15. The molecular formula is C14H16N6O. The fourth-order valence-corrected chi connectivity index (χ4v) is 2.20. The first-order chi connectivity index (χ1) is 9.95. The van der Waals surface area contributed by atoms with E-state index in [1.165, 1.54) is 6.20 Å². The molecule has 7 nitrogen and oxygen atoms in total. The third kappa shape index (κ3) is 2.26. The maximum absolute atomic E-state index is 12.0. The van der Waals surface area contributed by atoms with Gasteiger partial charge in [0, 0.05) is 32.1 Å². The minimum atomic E-state index is -0.198. The van der Waals surface area contributed by atoms with E-state index in [0.29, 0.717) is 22.7 Å². The molecule has 3 heterocycles. The maximum Gasteiger partial charge on any atom is 0.261 e. The normalized spacial score (nSPS) is 11.0. The van der Waals surface area contributed by atoms with E-state index in [9.17, 15) is 4.79 Å². The van der Waals surface area contributed by atoms with Crippen molar-refractivity contribution in [3.05, 3.63) is 40.1 Å². The Morgan fingerprint density at radius 3 is 2.62 bits per heavy atom. The molecule has 0 aliphatic heterocycles. The summed E-state index contributed by atoms with van der Waals surface area (Å²) in [5.74, 6) is 1.16. The van der Waals surface area contributed by atoms with Crippen LogP contribution in [-0.4, -0.2) is 38.8 Å². The zero-order chi connectivity index (χ0) is 15.1. The number of aromatic amines is 1. The smallest absolute Gasteiger partial charge is 0.261 e. The second-order valence-corrected chi connectivity index (χ2v) is 5.18. The Morgan fingerprint density at radius 1 is 1.24 bits per heavy atom. The highest BCUT2D eigenvalue weighted by molar-refractivity contribution is 5.79. The lowest BCUT2D eigenvalue weighted by atomic mass is 10.3. The van der Waals surface area contributed by atoms with Crippen molar-refractivity contribution in [2.45, 2.75) is 13.8 Å². The van der Waals surface area contributed by atoms with Crippen LogP contribution in [0.2, 0.25) is 0 Å². The minimum Gasteiger partial charge on any atom is -0.348 e. The van der Waals surface area contributed by atoms with Crippen molar-refractivity contribution < 1.29 is 0 Å². The molecule has 0 spiro atoms. The molecule has 21 heavy (non-hydrogen) atoms. The molecule has 0 bridgehead atoms. The lowest BCUT2D eigenvalue weighted by molar-refractivity contribution is 0.807. The van der Waals surface area contributed by atoms with Gasteiger partial charge in [0.2, 0.25) is 5.95 Å². The van der Waals surface area contributed by atoms with Crippen LogP contribution in [0.4, 0.5) is 5.95 Å². The third-order valence-electron chi connectivity index (χ3n) is 3.21. The average molecular weight is 284 g/mol. The fourth-order valence-electron chi connectivity index (χ4n) is 2.20. The third-order valence-corrected chi connectivity index (χ3v) is 3.21. The predicted octanol–water partition coefficient (Wildman–Crippen LogP) is 1.19. The number of pyridine rings is 1. The van der Waals surface area contributed by atoms with Gasteiger partial charge >= 0.3 is 0 Å². The van der Waals surface area contributed by atoms with Gasteiger partial charge in [0.15, 0.2) is 5.82 Å². The summed E-state index contributed by atoms with van der Waals surface area (Å²) in [6.07, 6.45) is 1.53. The zero-order valence-corrected chi connectivity index (χ0v) is 12.4. The lowest BCUT2D eigenvalue weighted by Gasteiger charge is -2.11. The molecular weight excluding hydrogens is 268 g/mol. The predicted molar refractivity (Wildman–Crippen MR) is 81.1 cm³/mol. The van der Waals surface area contributed by atoms with Crippen LogP contribution in [0.15, 0.2) is 23.1 Å². The van der Waals surface area contributed by atoms with Crippen molar-refractivity contribution in [3.8, 4) is 5.82 Å². The van der Waals surface area contributed by atoms with Crippen LogP contribution >= 0.6 is 0 Å². The number of anilines is 1. The number of hydrogen-bond donors (Lipinski definition) is 1. The maximum atomic E-state index is 12.0. The van der Waals surface area contributed by atoms with Gasteiger partial charge in [-0.3, -0.25) is 9.78 Å². The quantitative estimate of drug-likeness (QED) is 0.764. The van der Waals surface area contributed by atoms with Crippen LogP contribution in [0.1, 0.15) is 11.4 Å². The van der Waals surface area contributed by atoms with Crippen LogP contribution in [0.3, 0.4) is 0 Å². The number of H-pyrrole nitrogens is 1. The van der Waals surface area contributed by atoms with Crippen molar-refractivity contribution in [1.82, 2.24) is 24.7 Å². The molecule has 0 fully saturated rings. The van der Waals surface area contributed by atoms with E-state index in [2.05, 4.69) is 20.1 Å². The monoisotopic (exact) mass is 284 g/mol. The summed E-state index contributed by atoms with van der Waals surface area (Å²) in [6.45, 7) is 3.89. The summed E-state index contributed by atoms with van der Waals surface area (Å²) in [7, 11) is 3.65. The first-order valence-corrected chi connectivity index (χ1v) is 6.57. The van der Waals surface area contributed by atoms with Crippen molar-refractivity contribution in [2.75, 3.05) is 19.0 Å². The van der Waals surface area contributed by atoms with Gasteiger partial charge in [-0.2, -0.15) is 5.10 Å². The number of aromatic nitrogens is 5. The van der Waals surface area contributed by atoms with Crippen molar-refractivity contribution in [3.63, 3.8) is 0 Å². The van der Waals surface area contributed by atoms with Crippen molar-refractivity contribution in [2.24, 2.45) is 0 Å². The molecule has 0 aliphatic rings. The van der Waals surface area contributed by atoms with Crippen LogP contribution in [-0.2, 0) is 0 Å². The summed E-state index contributed by atoms with van der Waals surface area (Å²) in [5.41, 5.74) is 2.30. The lowest BCUT2D eigenvalue weighted by Crippen LogP contribution is -2.19. The first-order valence-electron chi connectivity index (χ1n) is 6.57. The number of hydrogen-bond acceptors (Lipinski definition) is 5. The van der Waals surface area contributed by atoms with Gasteiger partial charge in [-0.25, -0.2) is 14.6 Å². The minimum absolute atomic E-state index is 0.198. The number of nitrogens with one attached hydrogen (secondary N) is 1. The number of rotatable bonds is 2. The Balaban J connectivity index is 2.24. The Morgan fingerprint density at radius 2 is 2.00 bits per heavy atom. The van der Waals surface area contributed by atoms with E-state index in [-0.39, 0.29) is 5.56 Å². The van der Waals surface area contributed by atoms with Gasteiger partial charge in [0.05, 0.1) is 16.6 Å². The molecule has 7 heteroatoms. The second kappa shape index (κ2) is 4.69. The Bertz CT molecular complexity index is 877. The molecule has 0 aliphatic carbocycles. The van der Waals surface area contributed by atoms with E-state index in [4.69, 9.17) is 0 Å². The molecule has 108 valence electrons. The molecule has 3 aromatic heterocycles. The molecule has 1 N–H and O–H groups in total. The van der Waals surface area contributed by atoms with Gasteiger partial charge < -0.3 is 4.90 Å². The molecule has 3 aromatic rings. The largest absolute Gasteiger partial charge is 0.348 e. The van der Waals surface area contributed by atoms with Crippen molar-refractivity contribution >= 4 is 16.9 Å². The first kappa shape index (κ1) is 13.3. The Hall–Kier alpha value is -2.70. The van der Waals surface area contributed by atoms with E-state index in [1.807, 2.05) is 34.0 Å². The standard InChI is InChI=1S/C14H16N6O/c1-8-5-9(2)20(18-8)12-6-11-10(7-15-12)13(21)17-14(16-11)19(3)4/h5-7H,1-4H3,(H,16,17,21). The average Bonchev–Trinajstić information content (AvgIpc) is 2.77. The molecule has 0 saturated heterocycles. The van der Waals surface area contributed by atoms with Gasteiger partial charge in [-0.05, 0) is 19.9 Å². The Labute approximate surface area is 121 Å². The van der Waals surface area contributed by atoms with Gasteiger partial charge in [0.1, 0.15) is 0 Å². The summed E-state index contributed by atoms with van der Waals surface area (Å²) in [6, 6.07) is 3.75. The summed E-state index contributed by atoms with van der Waals surface area (Å²) in [5, 5.41) is 4.86. The van der Waals surface area contributed by atoms with E-state index in [0.717, 1.165) is 11.4 Å². The molecule has 0 saturated carbocycles. The van der Waals surface area contributed by atoms with Crippen LogP contribution in [0.25, 0.3) is 16.7 Å². The number of nitrogens with zero attached hydrogens (tertiary/aromatic N) is 5. The van der Waals surface area contributed by atoms with Gasteiger partial charge in [-0.1, -0.05) is 0 Å². The number of aryl methyl sites for hydroxylation is 2. The SMILES string of the molecule is Cc1cc(C)n(-c2cc3nc(N(C)C)[nH]c(=O)c3cn2)n1. The summed E-state index contributed by atoms with van der Waals surface area (Å²) in [4.78, 5) is 25.3. The van der Waals surface area contributed by atoms with E-state index in [1.54, 1.807) is 15.6 Å². The summed E-state index contributed by atoms with van der Waals surface area (Å²) >= 11 is 0. The number of fused-ring (bicyclic) bond motifs is 1. The fraction of sp³-hybridized carbons (Fsp3) is 0.286. The molecule has 0 aromatic carbocycles. The van der Waals surface area contributed by atoms with Crippen LogP contribution in [0.5, 0.6) is 0 Å². The topological polar surface area (TPSA) is 79.7 Å². The second-order valence-electron chi connectivity index (χ2n) is 5.18. The van der Waals surface area contributed by atoms with Crippen LogP contribution < -0.4 is 10.5 Å². The molecule has 0 unspecified atom stereocenters. The van der Waals surface area contributed by atoms with E-state index < -0.39 is 0 Å². The van der Waals surface area contributed by atoms with Gasteiger partial charge in [0.25, 0.3) is 5.56 Å². The Kier molecular flexibility index (Phi) is 2.97. The highest BCUT2D eigenvalue weighted by atomic mass is 16.1. The van der Waals surface area contributed by atoms with Gasteiger partial charge in [-0.15, -0.1) is 0 Å². The highest BCUT2D eigenvalue weighted by Gasteiger charge is 2.10. The molecule has 0 radical (unpaired) electrons. The molecule has 3 rings (SSSR count). The van der Waals surface area contributed by atoms with E-state index >= 15 is 0 Å². The van der Waals surface area contributed by atoms with Crippen molar-refractivity contribution in [1.29, 1.82) is 0 Å².